The van der Waals surface area contributed by atoms with E-state index in [1.54, 1.807) is 24.3 Å². The number of para-hydroxylation sites is 2. The maximum Gasteiger partial charge on any atom is 0.306 e. The third-order valence-electron chi connectivity index (χ3n) is 5.34. The molecule has 8 heteroatoms. The second-order valence-corrected chi connectivity index (χ2v) is 8.35. The Kier molecular flexibility index (Phi) is 6.77. The molecule has 1 aliphatic heterocycles. The summed E-state index contributed by atoms with van der Waals surface area (Å²) >= 11 is 0. The normalized spacial score (nSPS) is 14.3. The molecule has 0 aliphatic carbocycles. The number of ether oxygens (including phenoxy) is 1. The minimum atomic E-state index is -0.989. The fraction of sp³-hybridized carbons (Fsp3) is 0.478. The fourth-order valence-electron chi connectivity index (χ4n) is 3.80. The van der Waals surface area contributed by atoms with Crippen molar-refractivity contribution in [2.24, 2.45) is 5.92 Å². The number of aryl methyl sites for hydroxylation is 1. The molecule has 0 saturated heterocycles. The van der Waals surface area contributed by atoms with E-state index < -0.39 is 18.0 Å². The SMILES string of the molecule is Cc1nn(CC(C)C)c(C)c1CCC(=O)O[C@H](C)C(=O)N1CC(=O)Nc2ccccc21. The van der Waals surface area contributed by atoms with Crippen molar-refractivity contribution in [3.63, 3.8) is 0 Å². The number of rotatable bonds is 7. The number of hydrogen-bond acceptors (Lipinski definition) is 5. The lowest BCUT2D eigenvalue weighted by Crippen LogP contribution is -2.47. The van der Waals surface area contributed by atoms with E-state index in [0.29, 0.717) is 23.7 Å². The molecule has 3 rings (SSSR count). The van der Waals surface area contributed by atoms with Crippen molar-refractivity contribution in [3.05, 3.63) is 41.2 Å². The molecule has 2 amide bonds. The number of hydrogen-bond donors (Lipinski definition) is 1. The van der Waals surface area contributed by atoms with Gasteiger partial charge >= 0.3 is 5.97 Å². The molecule has 1 N–H and O–H groups in total. The van der Waals surface area contributed by atoms with Crippen LogP contribution in [0.1, 0.15) is 44.1 Å². The lowest BCUT2D eigenvalue weighted by atomic mass is 10.1. The van der Waals surface area contributed by atoms with Crippen molar-refractivity contribution in [3.8, 4) is 0 Å². The van der Waals surface area contributed by atoms with Crippen molar-refractivity contribution in [1.82, 2.24) is 9.78 Å². The lowest BCUT2D eigenvalue weighted by Gasteiger charge is -2.30. The standard InChI is InChI=1S/C23H30N4O4/c1-14(2)12-27-16(4)18(15(3)25-27)10-11-22(29)31-17(5)23(30)26-13-21(28)24-19-8-6-7-9-20(19)26/h6-9,14,17H,10-13H2,1-5H3,(H,24,28)/t17-/m1/s1. The Morgan fingerprint density at radius 2 is 1.90 bits per heavy atom. The third-order valence-corrected chi connectivity index (χ3v) is 5.34. The number of benzene rings is 1. The second kappa shape index (κ2) is 9.32. The molecule has 0 fully saturated rings. The van der Waals surface area contributed by atoms with Gasteiger partial charge in [-0.2, -0.15) is 5.10 Å². The number of esters is 1. The van der Waals surface area contributed by atoms with Crippen LogP contribution in [0.2, 0.25) is 0 Å². The molecular weight excluding hydrogens is 396 g/mol. The maximum absolute atomic E-state index is 12.9. The third kappa shape index (κ3) is 5.13. The molecule has 8 nitrogen and oxygen atoms in total. The Morgan fingerprint density at radius 3 is 2.61 bits per heavy atom. The van der Waals surface area contributed by atoms with Gasteiger partial charge in [0.2, 0.25) is 5.91 Å². The summed E-state index contributed by atoms with van der Waals surface area (Å²) < 4.78 is 7.38. The Morgan fingerprint density at radius 1 is 1.19 bits per heavy atom. The van der Waals surface area contributed by atoms with Gasteiger partial charge in [0, 0.05) is 18.7 Å². The van der Waals surface area contributed by atoms with Gasteiger partial charge < -0.3 is 10.1 Å². The number of nitrogens with zero attached hydrogens (tertiary/aromatic N) is 3. The molecule has 1 aromatic carbocycles. The van der Waals surface area contributed by atoms with E-state index in [4.69, 9.17) is 4.74 Å². The summed E-state index contributed by atoms with van der Waals surface area (Å²) in [4.78, 5) is 38.6. The second-order valence-electron chi connectivity index (χ2n) is 8.35. The highest BCUT2D eigenvalue weighted by Gasteiger charge is 2.31. The molecule has 0 saturated carbocycles. The molecular formula is C23H30N4O4. The molecule has 166 valence electrons. The molecule has 2 heterocycles. The van der Waals surface area contributed by atoms with Crippen LogP contribution in [0, 0.1) is 19.8 Å². The van der Waals surface area contributed by atoms with Crippen LogP contribution in [0.25, 0.3) is 0 Å². The zero-order valence-electron chi connectivity index (χ0n) is 18.8. The van der Waals surface area contributed by atoms with Crippen LogP contribution in [-0.2, 0) is 32.1 Å². The molecule has 1 atom stereocenters. The van der Waals surface area contributed by atoms with Crippen LogP contribution in [0.5, 0.6) is 0 Å². The highest BCUT2D eigenvalue weighted by Crippen LogP contribution is 2.29. The van der Waals surface area contributed by atoms with E-state index in [9.17, 15) is 14.4 Å². The topological polar surface area (TPSA) is 93.5 Å². The van der Waals surface area contributed by atoms with Crippen LogP contribution in [-0.4, -0.2) is 40.2 Å². The van der Waals surface area contributed by atoms with Gasteiger partial charge in [0.25, 0.3) is 5.91 Å². The largest absolute Gasteiger partial charge is 0.453 e. The number of fused-ring (bicyclic) bond motifs is 1. The Labute approximate surface area is 182 Å². The van der Waals surface area contributed by atoms with Gasteiger partial charge in [-0.15, -0.1) is 0 Å². The summed E-state index contributed by atoms with van der Waals surface area (Å²) in [7, 11) is 0. The molecule has 0 unspecified atom stereocenters. The quantitative estimate of drug-likeness (QED) is 0.687. The van der Waals surface area contributed by atoms with E-state index >= 15 is 0 Å². The summed E-state index contributed by atoms with van der Waals surface area (Å²) in [6.07, 6.45) is -0.328. The van der Waals surface area contributed by atoms with Crippen molar-refractivity contribution >= 4 is 29.2 Å². The van der Waals surface area contributed by atoms with Crippen LogP contribution in [0.4, 0.5) is 11.4 Å². The smallest absolute Gasteiger partial charge is 0.306 e. The number of carbonyl (C=O) groups excluding carboxylic acids is 3. The molecule has 0 bridgehead atoms. The highest BCUT2D eigenvalue weighted by molar-refractivity contribution is 6.11. The van der Waals surface area contributed by atoms with E-state index in [1.165, 1.54) is 11.8 Å². The summed E-state index contributed by atoms with van der Waals surface area (Å²) in [5.74, 6) is -0.682. The molecule has 31 heavy (non-hydrogen) atoms. The predicted octanol–water partition coefficient (Wildman–Crippen LogP) is 3.01. The number of aromatic nitrogens is 2. The molecule has 2 aromatic rings. The zero-order valence-corrected chi connectivity index (χ0v) is 18.8. The van der Waals surface area contributed by atoms with Crippen LogP contribution in [0.15, 0.2) is 24.3 Å². The van der Waals surface area contributed by atoms with Gasteiger partial charge in [0.1, 0.15) is 6.54 Å². The van der Waals surface area contributed by atoms with E-state index in [0.717, 1.165) is 23.5 Å². The average Bonchev–Trinajstić information content (AvgIpc) is 2.97. The van der Waals surface area contributed by atoms with Gasteiger partial charge in [-0.3, -0.25) is 24.0 Å². The average molecular weight is 427 g/mol. The van der Waals surface area contributed by atoms with Crippen molar-refractivity contribution in [1.29, 1.82) is 0 Å². The number of anilines is 2. The molecule has 1 aromatic heterocycles. The predicted molar refractivity (Wildman–Crippen MR) is 118 cm³/mol. The maximum atomic E-state index is 12.9. The van der Waals surface area contributed by atoms with Gasteiger partial charge in [0.05, 0.1) is 17.1 Å². The van der Waals surface area contributed by atoms with E-state index in [2.05, 4.69) is 24.3 Å². The summed E-state index contributed by atoms with van der Waals surface area (Å²) in [5.41, 5.74) is 4.16. The number of carbonyl (C=O) groups is 3. The molecule has 0 radical (unpaired) electrons. The Hall–Kier alpha value is -3.16. The first kappa shape index (κ1) is 22.5. The summed E-state index contributed by atoms with van der Waals surface area (Å²) in [5, 5.41) is 7.31. The molecule has 1 aliphatic rings. The van der Waals surface area contributed by atoms with Crippen molar-refractivity contribution in [2.45, 2.75) is 60.1 Å². The first-order chi connectivity index (χ1) is 14.7. The Bertz CT molecular complexity index is 995. The minimum absolute atomic E-state index is 0.106. The Balaban J connectivity index is 1.61. The van der Waals surface area contributed by atoms with Gasteiger partial charge in [0.15, 0.2) is 6.10 Å². The van der Waals surface area contributed by atoms with Crippen molar-refractivity contribution in [2.75, 3.05) is 16.8 Å². The summed E-state index contributed by atoms with van der Waals surface area (Å²) in [6.45, 7) is 10.5. The zero-order chi connectivity index (χ0) is 22.7. The number of nitrogens with one attached hydrogen (secondary N) is 1. The monoisotopic (exact) mass is 426 g/mol. The van der Waals surface area contributed by atoms with E-state index in [1.807, 2.05) is 18.5 Å². The lowest BCUT2D eigenvalue weighted by molar-refractivity contribution is -0.153. The van der Waals surface area contributed by atoms with Gasteiger partial charge in [-0.1, -0.05) is 26.0 Å². The first-order valence-corrected chi connectivity index (χ1v) is 10.6. The van der Waals surface area contributed by atoms with Gasteiger partial charge in [-0.05, 0) is 50.8 Å². The fourth-order valence-corrected chi connectivity index (χ4v) is 3.80. The van der Waals surface area contributed by atoms with Crippen molar-refractivity contribution < 1.29 is 19.1 Å². The summed E-state index contributed by atoms with van der Waals surface area (Å²) in [6, 6.07) is 7.05. The number of amides is 2. The van der Waals surface area contributed by atoms with Crippen LogP contribution in [0.3, 0.4) is 0 Å². The van der Waals surface area contributed by atoms with Gasteiger partial charge in [-0.25, -0.2) is 0 Å². The van der Waals surface area contributed by atoms with Crippen LogP contribution >= 0.6 is 0 Å². The van der Waals surface area contributed by atoms with Crippen LogP contribution < -0.4 is 10.2 Å². The first-order valence-electron chi connectivity index (χ1n) is 10.6. The minimum Gasteiger partial charge on any atom is -0.453 e. The highest BCUT2D eigenvalue weighted by atomic mass is 16.5. The van der Waals surface area contributed by atoms with E-state index in [-0.39, 0.29) is 18.9 Å². The molecule has 0 spiro atoms.